The zero-order valence-corrected chi connectivity index (χ0v) is 6.07. The monoisotopic (exact) mass is 133 g/mol. The zero-order valence-electron chi connectivity index (χ0n) is 6.07. The summed E-state index contributed by atoms with van der Waals surface area (Å²) in [6.45, 7) is 2.34. The molecule has 0 saturated heterocycles. The van der Waals surface area contributed by atoms with Crippen LogP contribution in [0, 0.1) is 0 Å². The van der Waals surface area contributed by atoms with Gasteiger partial charge in [-0.05, 0) is 26.3 Å². The van der Waals surface area contributed by atoms with E-state index in [2.05, 4.69) is 0 Å². The van der Waals surface area contributed by atoms with E-state index in [0.717, 1.165) is 25.8 Å². The summed E-state index contributed by atoms with van der Waals surface area (Å²) in [5.41, 5.74) is 5.25. The molecule has 2 heteroatoms. The molecule has 0 heterocycles. The fraction of sp³-hybridized carbons (Fsp3) is 1.00. The first-order valence-corrected chi connectivity index (χ1v) is 3.61. The van der Waals surface area contributed by atoms with Crippen molar-refractivity contribution in [1.29, 1.82) is 0 Å². The van der Waals surface area contributed by atoms with Gasteiger partial charge in [-0.2, -0.15) is 0 Å². The van der Waals surface area contributed by atoms with Gasteiger partial charge in [-0.1, -0.05) is 12.8 Å². The van der Waals surface area contributed by atoms with Crippen LogP contribution in [0.3, 0.4) is 0 Å². The highest BCUT2D eigenvalue weighted by Gasteiger charge is 1.95. The molecule has 0 bridgehead atoms. The molecule has 0 spiro atoms. The summed E-state index contributed by atoms with van der Waals surface area (Å²) >= 11 is 0. The SMILES string of the molecule is CC(F)CCCCCN. The zero-order chi connectivity index (χ0) is 7.11. The number of rotatable bonds is 5. The molecule has 1 atom stereocenters. The van der Waals surface area contributed by atoms with Crippen molar-refractivity contribution in [2.75, 3.05) is 6.54 Å². The lowest BCUT2D eigenvalue weighted by atomic mass is 10.1. The molecule has 0 aromatic carbocycles. The van der Waals surface area contributed by atoms with Gasteiger partial charge in [0.05, 0.1) is 6.17 Å². The first-order chi connectivity index (χ1) is 4.27. The van der Waals surface area contributed by atoms with E-state index in [1.807, 2.05) is 0 Å². The Labute approximate surface area is 56.4 Å². The van der Waals surface area contributed by atoms with Crippen LogP contribution < -0.4 is 5.73 Å². The van der Waals surface area contributed by atoms with Crippen molar-refractivity contribution in [2.24, 2.45) is 5.73 Å². The minimum atomic E-state index is -0.636. The largest absolute Gasteiger partial charge is 0.330 e. The van der Waals surface area contributed by atoms with Crippen molar-refractivity contribution < 1.29 is 4.39 Å². The molecular formula is C7H16FN. The normalized spacial score (nSPS) is 13.7. The maximum absolute atomic E-state index is 12.1. The number of halogens is 1. The molecule has 0 aliphatic rings. The van der Waals surface area contributed by atoms with Gasteiger partial charge in [0.2, 0.25) is 0 Å². The molecule has 2 N–H and O–H groups in total. The Morgan fingerprint density at radius 1 is 1.33 bits per heavy atom. The summed E-state index contributed by atoms with van der Waals surface area (Å²) in [4.78, 5) is 0. The van der Waals surface area contributed by atoms with E-state index in [1.54, 1.807) is 6.92 Å². The molecule has 0 radical (unpaired) electrons. The molecule has 0 aromatic rings. The molecule has 9 heavy (non-hydrogen) atoms. The Balaban J connectivity index is 2.75. The van der Waals surface area contributed by atoms with Gasteiger partial charge >= 0.3 is 0 Å². The second-order valence-electron chi connectivity index (χ2n) is 2.42. The van der Waals surface area contributed by atoms with Gasteiger partial charge in [0.25, 0.3) is 0 Å². The van der Waals surface area contributed by atoms with Crippen LogP contribution in [0.2, 0.25) is 0 Å². The third-order valence-corrected chi connectivity index (χ3v) is 1.31. The first-order valence-electron chi connectivity index (χ1n) is 3.61. The van der Waals surface area contributed by atoms with Crippen LogP contribution in [0.1, 0.15) is 32.6 Å². The first kappa shape index (κ1) is 8.89. The molecule has 1 nitrogen and oxygen atoms in total. The van der Waals surface area contributed by atoms with E-state index in [4.69, 9.17) is 5.73 Å². The molecule has 0 fully saturated rings. The highest BCUT2D eigenvalue weighted by Crippen LogP contribution is 2.04. The maximum Gasteiger partial charge on any atom is 0.0973 e. The summed E-state index contributed by atoms with van der Waals surface area (Å²) in [5.74, 6) is 0. The highest BCUT2D eigenvalue weighted by atomic mass is 19.1. The number of hydrogen-bond donors (Lipinski definition) is 1. The molecule has 0 aromatic heterocycles. The fourth-order valence-corrected chi connectivity index (χ4v) is 0.747. The Kier molecular flexibility index (Phi) is 5.94. The Morgan fingerprint density at radius 3 is 2.44 bits per heavy atom. The van der Waals surface area contributed by atoms with E-state index in [0.29, 0.717) is 6.42 Å². The lowest BCUT2D eigenvalue weighted by molar-refractivity contribution is 0.330. The average Bonchev–Trinajstić information content (AvgIpc) is 1.80. The maximum atomic E-state index is 12.1. The molecule has 0 aliphatic heterocycles. The van der Waals surface area contributed by atoms with Crippen molar-refractivity contribution >= 4 is 0 Å². The molecule has 0 rings (SSSR count). The summed E-state index contributed by atoms with van der Waals surface area (Å²) in [5, 5.41) is 0. The molecule has 56 valence electrons. The minimum absolute atomic E-state index is 0.636. The standard InChI is InChI=1S/C7H16FN/c1-7(8)5-3-2-4-6-9/h7H,2-6,9H2,1H3. The van der Waals surface area contributed by atoms with Crippen molar-refractivity contribution in [3.63, 3.8) is 0 Å². The number of unbranched alkanes of at least 4 members (excludes halogenated alkanes) is 2. The van der Waals surface area contributed by atoms with Gasteiger partial charge in [0.1, 0.15) is 0 Å². The third kappa shape index (κ3) is 7.89. The smallest absolute Gasteiger partial charge is 0.0973 e. The second kappa shape index (κ2) is 6.02. The summed E-state index contributed by atoms with van der Waals surface area (Å²) in [6, 6.07) is 0. The molecule has 0 aliphatic carbocycles. The van der Waals surface area contributed by atoms with Crippen molar-refractivity contribution in [3.05, 3.63) is 0 Å². The summed E-state index contributed by atoms with van der Waals surface area (Å²) < 4.78 is 12.1. The van der Waals surface area contributed by atoms with Gasteiger partial charge in [0, 0.05) is 0 Å². The topological polar surface area (TPSA) is 26.0 Å². The van der Waals surface area contributed by atoms with Crippen LogP contribution in [0.15, 0.2) is 0 Å². The lowest BCUT2D eigenvalue weighted by Gasteiger charge is -1.99. The van der Waals surface area contributed by atoms with Gasteiger partial charge in [-0.25, -0.2) is 4.39 Å². The van der Waals surface area contributed by atoms with Crippen LogP contribution in [0.25, 0.3) is 0 Å². The number of hydrogen-bond acceptors (Lipinski definition) is 1. The third-order valence-electron chi connectivity index (χ3n) is 1.31. The fourth-order valence-electron chi connectivity index (χ4n) is 0.747. The highest BCUT2D eigenvalue weighted by molar-refractivity contribution is 4.48. The minimum Gasteiger partial charge on any atom is -0.330 e. The van der Waals surface area contributed by atoms with E-state index >= 15 is 0 Å². The van der Waals surface area contributed by atoms with Crippen molar-refractivity contribution in [2.45, 2.75) is 38.8 Å². The Morgan fingerprint density at radius 2 is 2.00 bits per heavy atom. The van der Waals surface area contributed by atoms with E-state index in [1.165, 1.54) is 0 Å². The quantitative estimate of drug-likeness (QED) is 0.569. The summed E-state index contributed by atoms with van der Waals surface area (Å²) in [6.07, 6.45) is 3.15. The van der Waals surface area contributed by atoms with Crippen molar-refractivity contribution in [1.82, 2.24) is 0 Å². The van der Waals surface area contributed by atoms with E-state index in [9.17, 15) is 4.39 Å². The predicted octanol–water partition coefficient (Wildman–Crippen LogP) is 1.86. The van der Waals surface area contributed by atoms with Crippen molar-refractivity contribution in [3.8, 4) is 0 Å². The van der Waals surface area contributed by atoms with Gasteiger partial charge in [-0.3, -0.25) is 0 Å². The lowest BCUT2D eigenvalue weighted by Crippen LogP contribution is -1.99. The average molecular weight is 133 g/mol. The van der Waals surface area contributed by atoms with Crippen LogP contribution in [-0.2, 0) is 0 Å². The van der Waals surface area contributed by atoms with Gasteiger partial charge in [-0.15, -0.1) is 0 Å². The molecular weight excluding hydrogens is 117 g/mol. The second-order valence-corrected chi connectivity index (χ2v) is 2.42. The molecule has 1 unspecified atom stereocenters. The summed E-state index contributed by atoms with van der Waals surface area (Å²) in [7, 11) is 0. The van der Waals surface area contributed by atoms with E-state index in [-0.39, 0.29) is 0 Å². The number of alkyl halides is 1. The van der Waals surface area contributed by atoms with Gasteiger partial charge in [0.15, 0.2) is 0 Å². The van der Waals surface area contributed by atoms with E-state index < -0.39 is 6.17 Å². The number of nitrogens with two attached hydrogens (primary N) is 1. The van der Waals surface area contributed by atoms with Crippen LogP contribution in [0.5, 0.6) is 0 Å². The molecule has 0 saturated carbocycles. The predicted molar refractivity (Wildman–Crippen MR) is 38.1 cm³/mol. The Hall–Kier alpha value is -0.110. The molecule has 0 amide bonds. The van der Waals surface area contributed by atoms with Gasteiger partial charge < -0.3 is 5.73 Å². The Bertz CT molecular complexity index is 54.9. The van der Waals surface area contributed by atoms with Crippen LogP contribution in [-0.4, -0.2) is 12.7 Å². The van der Waals surface area contributed by atoms with Crippen LogP contribution >= 0.6 is 0 Å². The van der Waals surface area contributed by atoms with Crippen LogP contribution in [0.4, 0.5) is 4.39 Å².